The van der Waals surface area contributed by atoms with Crippen LogP contribution in [-0.2, 0) is 9.59 Å². The van der Waals surface area contributed by atoms with Crippen LogP contribution < -0.4 is 11.1 Å². The van der Waals surface area contributed by atoms with Crippen LogP contribution in [0.1, 0.15) is 24.3 Å². The van der Waals surface area contributed by atoms with Crippen LogP contribution in [0.4, 0.5) is 10.1 Å². The smallest absolute Gasteiger partial charge is 0.230 e. The lowest BCUT2D eigenvalue weighted by Crippen LogP contribution is -2.37. The van der Waals surface area contributed by atoms with Crippen molar-refractivity contribution in [3.05, 3.63) is 29.6 Å². The minimum absolute atomic E-state index is 0.0614. The van der Waals surface area contributed by atoms with Crippen molar-refractivity contribution in [2.45, 2.75) is 18.8 Å². The molecule has 5 nitrogen and oxygen atoms in total. The van der Waals surface area contributed by atoms with Crippen molar-refractivity contribution in [1.82, 2.24) is 4.90 Å². The Morgan fingerprint density at radius 3 is 3.00 bits per heavy atom. The molecular formula is C15H18FN3O2. The summed E-state index contributed by atoms with van der Waals surface area (Å²) in [6.45, 7) is 1.88. The fraction of sp³-hybridized carbons (Fsp3) is 0.467. The zero-order valence-corrected chi connectivity index (χ0v) is 11.6. The summed E-state index contributed by atoms with van der Waals surface area (Å²) in [6.07, 6.45) is 1.01. The van der Waals surface area contributed by atoms with Crippen molar-refractivity contribution >= 4 is 17.5 Å². The monoisotopic (exact) mass is 291 g/mol. The molecule has 2 aliphatic heterocycles. The molecular weight excluding hydrogens is 273 g/mol. The summed E-state index contributed by atoms with van der Waals surface area (Å²) in [5.41, 5.74) is 6.74. The van der Waals surface area contributed by atoms with Crippen LogP contribution in [0.3, 0.4) is 0 Å². The topological polar surface area (TPSA) is 75.4 Å². The van der Waals surface area contributed by atoms with Crippen LogP contribution in [0, 0.1) is 11.7 Å². The molecule has 0 radical (unpaired) electrons. The molecule has 2 amide bonds. The second-order valence-electron chi connectivity index (χ2n) is 5.71. The Hall–Kier alpha value is -1.95. The molecule has 0 aliphatic carbocycles. The van der Waals surface area contributed by atoms with Crippen LogP contribution in [0.2, 0.25) is 0 Å². The number of carbonyl (C=O) groups excluding carboxylic acids is 2. The molecule has 2 unspecified atom stereocenters. The molecule has 1 aromatic rings. The number of amides is 2. The first-order valence-corrected chi connectivity index (χ1v) is 7.16. The average molecular weight is 291 g/mol. The number of rotatable bonds is 2. The standard InChI is InChI=1S/C15H18FN3O2/c16-10-1-2-11-12(6-14(20)18-13(11)5-10)15(21)19-4-3-9(7-17)8-19/h1-2,5,9,12H,3-4,6-8,17H2,(H,18,20). The van der Waals surface area contributed by atoms with E-state index >= 15 is 0 Å². The molecule has 3 N–H and O–H groups in total. The molecule has 1 aromatic carbocycles. The van der Waals surface area contributed by atoms with Crippen molar-refractivity contribution in [3.8, 4) is 0 Å². The first kappa shape index (κ1) is 14.0. The Labute approximate surface area is 122 Å². The van der Waals surface area contributed by atoms with E-state index in [0.717, 1.165) is 6.42 Å². The third-order valence-electron chi connectivity index (χ3n) is 4.28. The maximum absolute atomic E-state index is 13.3. The van der Waals surface area contributed by atoms with Gasteiger partial charge in [0.05, 0.1) is 5.92 Å². The first-order chi connectivity index (χ1) is 10.1. The first-order valence-electron chi connectivity index (χ1n) is 7.16. The highest BCUT2D eigenvalue weighted by atomic mass is 19.1. The Kier molecular flexibility index (Phi) is 3.63. The summed E-state index contributed by atoms with van der Waals surface area (Å²) >= 11 is 0. The second kappa shape index (κ2) is 5.44. The fourth-order valence-corrected chi connectivity index (χ4v) is 3.10. The molecule has 0 spiro atoms. The largest absolute Gasteiger partial charge is 0.342 e. The van der Waals surface area contributed by atoms with Gasteiger partial charge in [0.25, 0.3) is 0 Å². The number of carbonyl (C=O) groups is 2. The maximum atomic E-state index is 13.3. The van der Waals surface area contributed by atoms with Gasteiger partial charge < -0.3 is 16.0 Å². The molecule has 112 valence electrons. The molecule has 3 rings (SSSR count). The highest BCUT2D eigenvalue weighted by Gasteiger charge is 2.36. The van der Waals surface area contributed by atoms with Crippen LogP contribution >= 0.6 is 0 Å². The lowest BCUT2D eigenvalue weighted by molar-refractivity contribution is -0.134. The van der Waals surface area contributed by atoms with Gasteiger partial charge in [-0.1, -0.05) is 6.07 Å². The summed E-state index contributed by atoms with van der Waals surface area (Å²) in [4.78, 5) is 26.2. The van der Waals surface area contributed by atoms with E-state index in [4.69, 9.17) is 5.73 Å². The van der Waals surface area contributed by atoms with E-state index in [1.807, 2.05) is 0 Å². The number of hydrogen-bond donors (Lipinski definition) is 2. The number of nitrogens with two attached hydrogens (primary N) is 1. The van der Waals surface area contributed by atoms with Crippen molar-refractivity contribution in [3.63, 3.8) is 0 Å². The van der Waals surface area contributed by atoms with E-state index in [1.54, 1.807) is 11.0 Å². The third-order valence-corrected chi connectivity index (χ3v) is 4.28. The molecule has 0 bridgehead atoms. The van der Waals surface area contributed by atoms with Crippen molar-refractivity contribution in [2.75, 3.05) is 25.0 Å². The molecule has 6 heteroatoms. The van der Waals surface area contributed by atoms with Crippen molar-refractivity contribution < 1.29 is 14.0 Å². The molecule has 2 heterocycles. The Morgan fingerprint density at radius 2 is 2.29 bits per heavy atom. The highest BCUT2D eigenvalue weighted by Crippen LogP contribution is 2.35. The van der Waals surface area contributed by atoms with E-state index in [0.29, 0.717) is 36.8 Å². The SMILES string of the molecule is NCC1CCN(C(=O)C2CC(=O)Nc3cc(F)ccc32)C1. The Bertz CT molecular complexity index is 590. The summed E-state index contributed by atoms with van der Waals surface area (Å²) in [7, 11) is 0. The molecule has 1 saturated heterocycles. The van der Waals surface area contributed by atoms with Crippen LogP contribution in [0.25, 0.3) is 0 Å². The van der Waals surface area contributed by atoms with E-state index in [9.17, 15) is 14.0 Å². The van der Waals surface area contributed by atoms with Gasteiger partial charge in [-0.05, 0) is 36.6 Å². The number of fused-ring (bicyclic) bond motifs is 1. The molecule has 1 fully saturated rings. The zero-order valence-electron chi connectivity index (χ0n) is 11.6. The Balaban J connectivity index is 1.86. The van der Waals surface area contributed by atoms with Gasteiger partial charge in [0.2, 0.25) is 11.8 Å². The van der Waals surface area contributed by atoms with Crippen LogP contribution in [-0.4, -0.2) is 36.3 Å². The number of likely N-dealkylation sites (tertiary alicyclic amines) is 1. The van der Waals surface area contributed by atoms with Gasteiger partial charge in [-0.15, -0.1) is 0 Å². The quantitative estimate of drug-likeness (QED) is 0.855. The zero-order chi connectivity index (χ0) is 15.0. The van der Waals surface area contributed by atoms with Crippen molar-refractivity contribution in [1.29, 1.82) is 0 Å². The van der Waals surface area contributed by atoms with Crippen LogP contribution in [0.5, 0.6) is 0 Å². The van der Waals surface area contributed by atoms with E-state index in [1.165, 1.54) is 12.1 Å². The van der Waals surface area contributed by atoms with Crippen molar-refractivity contribution in [2.24, 2.45) is 11.7 Å². The third kappa shape index (κ3) is 2.63. The molecule has 2 aliphatic rings. The van der Waals surface area contributed by atoms with Gasteiger partial charge in [-0.3, -0.25) is 9.59 Å². The normalized spacial score (nSPS) is 24.7. The number of nitrogens with one attached hydrogen (secondary N) is 1. The molecule has 2 atom stereocenters. The van der Waals surface area contributed by atoms with Gasteiger partial charge >= 0.3 is 0 Å². The summed E-state index contributed by atoms with van der Waals surface area (Å²) < 4.78 is 13.3. The van der Waals surface area contributed by atoms with Gasteiger partial charge in [0.1, 0.15) is 5.82 Å². The molecule has 21 heavy (non-hydrogen) atoms. The average Bonchev–Trinajstić information content (AvgIpc) is 2.94. The minimum atomic E-state index is -0.522. The van der Waals surface area contributed by atoms with Gasteiger partial charge in [-0.2, -0.15) is 0 Å². The summed E-state index contributed by atoms with van der Waals surface area (Å²) in [5.74, 6) is -0.925. The van der Waals surface area contributed by atoms with Gasteiger partial charge in [-0.25, -0.2) is 4.39 Å². The lowest BCUT2D eigenvalue weighted by Gasteiger charge is -2.28. The summed E-state index contributed by atoms with van der Waals surface area (Å²) in [5, 5.41) is 2.63. The lowest BCUT2D eigenvalue weighted by atomic mass is 9.89. The second-order valence-corrected chi connectivity index (χ2v) is 5.71. The van der Waals surface area contributed by atoms with Crippen LogP contribution in [0.15, 0.2) is 18.2 Å². The van der Waals surface area contributed by atoms with E-state index in [2.05, 4.69) is 5.32 Å². The maximum Gasteiger partial charge on any atom is 0.230 e. The predicted molar refractivity (Wildman–Crippen MR) is 76.1 cm³/mol. The number of hydrogen-bond acceptors (Lipinski definition) is 3. The number of halogens is 1. The Morgan fingerprint density at radius 1 is 1.48 bits per heavy atom. The fourth-order valence-electron chi connectivity index (χ4n) is 3.10. The van der Waals surface area contributed by atoms with Gasteiger partial charge in [0.15, 0.2) is 0 Å². The molecule has 0 saturated carbocycles. The molecule has 0 aromatic heterocycles. The number of anilines is 1. The van der Waals surface area contributed by atoms with E-state index < -0.39 is 11.7 Å². The van der Waals surface area contributed by atoms with E-state index in [-0.39, 0.29) is 18.2 Å². The minimum Gasteiger partial charge on any atom is -0.342 e. The number of benzene rings is 1. The highest BCUT2D eigenvalue weighted by molar-refractivity contribution is 6.01. The van der Waals surface area contributed by atoms with Gasteiger partial charge in [0, 0.05) is 25.2 Å². The predicted octanol–water partition coefficient (Wildman–Crippen LogP) is 1.06. The summed E-state index contributed by atoms with van der Waals surface area (Å²) in [6, 6.07) is 4.17. The number of nitrogens with zero attached hydrogens (tertiary/aromatic N) is 1.